The molecule has 0 atom stereocenters. The van der Waals surface area contributed by atoms with E-state index in [0.29, 0.717) is 34.8 Å². The van der Waals surface area contributed by atoms with E-state index in [1.807, 2.05) is 38.1 Å². The lowest BCUT2D eigenvalue weighted by Gasteiger charge is -2.18. The highest BCUT2D eigenvalue weighted by molar-refractivity contribution is 8.01. The highest BCUT2D eigenvalue weighted by atomic mass is 32.2. The molecule has 0 saturated heterocycles. The summed E-state index contributed by atoms with van der Waals surface area (Å²) in [5.74, 6) is 0.747. The SMILES string of the molecule is CCSc1nnc(NC(=O)CSc2nnc(CNC(=O)c3ccc(S(=O)(=O)N(CC)CC)cc3)n2-c2cccc(C)c2)s1. The summed E-state index contributed by atoms with van der Waals surface area (Å²) in [5.41, 5.74) is 2.11. The van der Waals surface area contributed by atoms with Crippen LogP contribution in [0.1, 0.15) is 42.5 Å². The standard InChI is InChI=1S/C27H32N8O4S4/c1-5-34(6-2)43(38,39)21-13-11-19(12-14-21)24(37)28-16-22-30-32-26(35(22)20-10-8-9-18(4)15-20)41-17-23(36)29-25-31-33-27(42-25)40-7-3/h8-15H,5-7,16-17H2,1-4H3,(H,28,37)(H,29,31,36). The van der Waals surface area contributed by atoms with Gasteiger partial charge in [0.25, 0.3) is 5.91 Å². The fourth-order valence-corrected chi connectivity index (χ4v) is 7.91. The van der Waals surface area contributed by atoms with Crippen LogP contribution < -0.4 is 10.6 Å². The molecule has 0 spiro atoms. The smallest absolute Gasteiger partial charge is 0.251 e. The van der Waals surface area contributed by atoms with Gasteiger partial charge >= 0.3 is 0 Å². The molecule has 0 radical (unpaired) electrons. The molecule has 2 heterocycles. The van der Waals surface area contributed by atoms with E-state index in [1.165, 1.54) is 51.7 Å². The van der Waals surface area contributed by atoms with Gasteiger partial charge in [0.05, 0.1) is 17.2 Å². The number of sulfonamides is 1. The van der Waals surface area contributed by atoms with Crippen LogP contribution in [0.2, 0.25) is 0 Å². The third-order valence-corrected chi connectivity index (χ3v) is 10.9. The first kappa shape index (κ1) is 32.6. The Hall–Kier alpha value is -3.31. The molecule has 12 nitrogen and oxygen atoms in total. The summed E-state index contributed by atoms with van der Waals surface area (Å²) in [7, 11) is -3.62. The first-order valence-corrected chi connectivity index (χ1v) is 17.7. The Balaban J connectivity index is 1.46. The third-order valence-electron chi connectivity index (χ3n) is 6.08. The lowest BCUT2D eigenvalue weighted by Crippen LogP contribution is -2.30. The molecule has 0 unspecified atom stereocenters. The summed E-state index contributed by atoms with van der Waals surface area (Å²) >= 11 is 4.09. The van der Waals surface area contributed by atoms with Gasteiger partial charge in [-0.2, -0.15) is 4.31 Å². The summed E-state index contributed by atoms with van der Waals surface area (Å²) in [4.78, 5) is 25.7. The Morgan fingerprint density at radius 1 is 0.977 bits per heavy atom. The van der Waals surface area contributed by atoms with Gasteiger partial charge in [0.15, 0.2) is 15.3 Å². The molecule has 4 rings (SSSR count). The molecular formula is C27H32N8O4S4. The number of carbonyl (C=O) groups is 2. The normalized spacial score (nSPS) is 11.6. The number of hydrogen-bond acceptors (Lipinski definition) is 11. The predicted molar refractivity (Wildman–Crippen MR) is 169 cm³/mol. The number of nitrogens with one attached hydrogen (secondary N) is 2. The van der Waals surface area contributed by atoms with Gasteiger partial charge in [-0.25, -0.2) is 8.42 Å². The number of aryl methyl sites for hydroxylation is 1. The van der Waals surface area contributed by atoms with Crippen LogP contribution in [-0.2, 0) is 21.4 Å². The lowest BCUT2D eigenvalue weighted by atomic mass is 10.2. The molecule has 2 aromatic carbocycles. The number of nitrogens with zero attached hydrogens (tertiary/aromatic N) is 6. The minimum Gasteiger partial charge on any atom is -0.345 e. The predicted octanol–water partition coefficient (Wildman–Crippen LogP) is 4.23. The van der Waals surface area contributed by atoms with Crippen LogP contribution in [0.5, 0.6) is 0 Å². The van der Waals surface area contributed by atoms with Crippen LogP contribution in [0, 0.1) is 6.92 Å². The average molecular weight is 661 g/mol. The van der Waals surface area contributed by atoms with Gasteiger partial charge < -0.3 is 5.32 Å². The first-order chi connectivity index (χ1) is 20.7. The average Bonchev–Trinajstić information content (AvgIpc) is 3.62. The molecule has 2 N–H and O–H groups in total. The van der Waals surface area contributed by atoms with Gasteiger partial charge in [-0.15, -0.1) is 20.4 Å². The molecule has 0 bridgehead atoms. The van der Waals surface area contributed by atoms with Gasteiger partial charge in [0, 0.05) is 24.3 Å². The van der Waals surface area contributed by atoms with Crippen molar-refractivity contribution in [2.45, 2.75) is 48.6 Å². The van der Waals surface area contributed by atoms with Crippen molar-refractivity contribution in [3.05, 3.63) is 65.5 Å². The summed E-state index contributed by atoms with van der Waals surface area (Å²) in [6.07, 6.45) is 0. The Morgan fingerprint density at radius 3 is 2.40 bits per heavy atom. The second-order valence-electron chi connectivity index (χ2n) is 9.01. The van der Waals surface area contributed by atoms with Crippen LogP contribution in [0.4, 0.5) is 5.13 Å². The number of rotatable bonds is 14. The van der Waals surface area contributed by atoms with Crippen molar-refractivity contribution in [3.8, 4) is 5.69 Å². The zero-order chi connectivity index (χ0) is 31.0. The molecule has 2 aromatic heterocycles. The summed E-state index contributed by atoms with van der Waals surface area (Å²) in [6, 6.07) is 13.6. The first-order valence-electron chi connectivity index (χ1n) is 13.4. The van der Waals surface area contributed by atoms with Crippen molar-refractivity contribution in [3.63, 3.8) is 0 Å². The number of anilines is 1. The summed E-state index contributed by atoms with van der Waals surface area (Å²) in [5, 5.41) is 23.2. The molecule has 4 aromatic rings. The Kier molecular flexibility index (Phi) is 11.3. The van der Waals surface area contributed by atoms with Gasteiger partial charge in [0.2, 0.25) is 21.1 Å². The maximum absolute atomic E-state index is 13.0. The fraction of sp³-hybridized carbons (Fsp3) is 0.333. The van der Waals surface area contributed by atoms with E-state index in [4.69, 9.17) is 0 Å². The van der Waals surface area contributed by atoms with E-state index < -0.39 is 15.9 Å². The van der Waals surface area contributed by atoms with Crippen molar-refractivity contribution >= 4 is 61.8 Å². The number of carbonyl (C=O) groups excluding carboxylic acids is 2. The molecule has 0 aliphatic heterocycles. The number of benzene rings is 2. The van der Waals surface area contributed by atoms with Crippen LogP contribution in [0.15, 0.2) is 62.9 Å². The van der Waals surface area contributed by atoms with Crippen LogP contribution >= 0.6 is 34.9 Å². The maximum Gasteiger partial charge on any atom is 0.251 e. The highest BCUT2D eigenvalue weighted by Crippen LogP contribution is 2.26. The molecule has 2 amide bonds. The Morgan fingerprint density at radius 2 is 1.72 bits per heavy atom. The van der Waals surface area contributed by atoms with E-state index in [-0.39, 0.29) is 23.1 Å². The number of thioether (sulfide) groups is 2. The monoisotopic (exact) mass is 660 g/mol. The Labute approximate surface area is 263 Å². The van der Waals surface area contributed by atoms with Gasteiger partial charge in [-0.05, 0) is 54.6 Å². The van der Waals surface area contributed by atoms with E-state index >= 15 is 0 Å². The molecule has 0 fully saturated rings. The number of hydrogen-bond donors (Lipinski definition) is 2. The maximum atomic E-state index is 13.0. The minimum atomic E-state index is -3.62. The molecule has 228 valence electrons. The van der Waals surface area contributed by atoms with E-state index in [1.54, 1.807) is 30.2 Å². The zero-order valence-electron chi connectivity index (χ0n) is 24.1. The molecule has 0 aliphatic rings. The zero-order valence-corrected chi connectivity index (χ0v) is 27.4. The number of aromatic nitrogens is 5. The van der Waals surface area contributed by atoms with Crippen molar-refractivity contribution in [2.24, 2.45) is 0 Å². The van der Waals surface area contributed by atoms with Crippen LogP contribution in [0.3, 0.4) is 0 Å². The van der Waals surface area contributed by atoms with Crippen molar-refractivity contribution in [1.82, 2.24) is 34.6 Å². The number of amides is 2. The topological polar surface area (TPSA) is 152 Å². The summed E-state index contributed by atoms with van der Waals surface area (Å²) in [6.45, 7) is 8.30. The van der Waals surface area contributed by atoms with Gasteiger partial charge in [-0.3, -0.25) is 19.5 Å². The molecule has 0 saturated carbocycles. The van der Waals surface area contributed by atoms with Crippen molar-refractivity contribution < 1.29 is 18.0 Å². The van der Waals surface area contributed by atoms with Gasteiger partial charge in [0.1, 0.15) is 0 Å². The van der Waals surface area contributed by atoms with Crippen molar-refractivity contribution in [1.29, 1.82) is 0 Å². The fourth-order valence-electron chi connectivity index (χ4n) is 4.01. The lowest BCUT2D eigenvalue weighted by molar-refractivity contribution is -0.113. The third kappa shape index (κ3) is 8.20. The van der Waals surface area contributed by atoms with Gasteiger partial charge in [-0.1, -0.05) is 67.8 Å². The molecule has 16 heteroatoms. The van der Waals surface area contributed by atoms with Crippen LogP contribution in [0.25, 0.3) is 5.69 Å². The summed E-state index contributed by atoms with van der Waals surface area (Å²) < 4.78 is 29.5. The highest BCUT2D eigenvalue weighted by Gasteiger charge is 2.22. The van der Waals surface area contributed by atoms with E-state index in [9.17, 15) is 18.0 Å². The molecule has 43 heavy (non-hydrogen) atoms. The Bertz CT molecular complexity index is 1670. The van der Waals surface area contributed by atoms with Crippen LogP contribution in [-0.4, -0.2) is 74.1 Å². The second-order valence-corrected chi connectivity index (χ2v) is 14.4. The quantitative estimate of drug-likeness (QED) is 0.148. The van der Waals surface area contributed by atoms with E-state index in [2.05, 4.69) is 31.0 Å². The second kappa shape index (κ2) is 14.9. The molecule has 0 aliphatic carbocycles. The van der Waals surface area contributed by atoms with Crippen molar-refractivity contribution in [2.75, 3.05) is 29.9 Å². The van der Waals surface area contributed by atoms with E-state index in [0.717, 1.165) is 21.3 Å². The minimum absolute atomic E-state index is 0.0503. The largest absolute Gasteiger partial charge is 0.345 e. The molecular weight excluding hydrogens is 629 g/mol.